The summed E-state index contributed by atoms with van der Waals surface area (Å²) in [5.41, 5.74) is 1.40. The lowest BCUT2D eigenvalue weighted by atomic mass is 10.2. The number of benzene rings is 1. The van der Waals surface area contributed by atoms with Crippen LogP contribution in [0.25, 0.3) is 0 Å². The molecule has 144 valence electrons. The highest BCUT2D eigenvalue weighted by Gasteiger charge is 2.24. The van der Waals surface area contributed by atoms with E-state index in [1.54, 1.807) is 0 Å². The molecule has 1 unspecified atom stereocenters. The van der Waals surface area contributed by atoms with Crippen LogP contribution in [0.15, 0.2) is 35.3 Å². The number of aliphatic imine (C=N–C) groups is 1. The van der Waals surface area contributed by atoms with Crippen molar-refractivity contribution in [1.82, 2.24) is 24.9 Å². The molecule has 0 bridgehead atoms. The maximum absolute atomic E-state index is 4.53. The summed E-state index contributed by atoms with van der Waals surface area (Å²) < 4.78 is 0. The molecule has 0 saturated carbocycles. The van der Waals surface area contributed by atoms with Gasteiger partial charge in [-0.05, 0) is 19.7 Å². The Morgan fingerprint density at radius 1 is 1.04 bits per heavy atom. The van der Waals surface area contributed by atoms with E-state index in [1.807, 2.05) is 7.05 Å². The van der Waals surface area contributed by atoms with Crippen LogP contribution in [-0.2, 0) is 6.54 Å². The molecule has 6 nitrogen and oxygen atoms in total. The van der Waals surface area contributed by atoms with Gasteiger partial charge in [-0.1, -0.05) is 30.3 Å². The van der Waals surface area contributed by atoms with Crippen molar-refractivity contribution in [2.75, 3.05) is 73.5 Å². The van der Waals surface area contributed by atoms with Crippen molar-refractivity contribution >= 4 is 5.96 Å². The summed E-state index contributed by atoms with van der Waals surface area (Å²) in [6, 6.07) is 11.3. The van der Waals surface area contributed by atoms with Crippen LogP contribution < -0.4 is 5.32 Å². The normalized spacial score (nSPS) is 24.0. The molecule has 2 saturated heterocycles. The molecule has 2 heterocycles. The molecule has 2 aliphatic rings. The zero-order valence-electron chi connectivity index (χ0n) is 16.6. The Hall–Kier alpha value is -1.63. The third kappa shape index (κ3) is 5.19. The molecule has 2 aliphatic heterocycles. The van der Waals surface area contributed by atoms with Gasteiger partial charge in [0.05, 0.1) is 0 Å². The Morgan fingerprint density at radius 3 is 2.46 bits per heavy atom. The molecule has 0 amide bonds. The Morgan fingerprint density at radius 2 is 1.77 bits per heavy atom. The van der Waals surface area contributed by atoms with E-state index in [2.05, 4.69) is 74.3 Å². The molecular weight excluding hydrogens is 324 g/mol. The molecule has 2 fully saturated rings. The molecule has 0 radical (unpaired) electrons. The predicted octanol–water partition coefficient (Wildman–Crippen LogP) is 0.625. The van der Waals surface area contributed by atoms with Gasteiger partial charge in [0, 0.05) is 72.0 Å². The lowest BCUT2D eigenvalue weighted by Gasteiger charge is -2.40. The average Bonchev–Trinajstić information content (AvgIpc) is 2.67. The maximum atomic E-state index is 4.53. The highest BCUT2D eigenvalue weighted by Crippen LogP contribution is 2.09. The highest BCUT2D eigenvalue weighted by atomic mass is 15.4. The van der Waals surface area contributed by atoms with Crippen LogP contribution in [0.4, 0.5) is 0 Å². The Labute approximate surface area is 158 Å². The molecule has 6 heteroatoms. The lowest BCUT2D eigenvalue weighted by Crippen LogP contribution is -2.57. The third-order valence-corrected chi connectivity index (χ3v) is 5.61. The van der Waals surface area contributed by atoms with Gasteiger partial charge in [-0.3, -0.25) is 14.8 Å². The number of piperazine rings is 2. The van der Waals surface area contributed by atoms with Crippen LogP contribution in [0.5, 0.6) is 0 Å². The smallest absolute Gasteiger partial charge is 0.193 e. The average molecular weight is 359 g/mol. The SMILES string of the molecule is CN=C(NCC1CN(C)CCN1C)N1CCN(Cc2ccccc2)CC1. The number of nitrogens with zero attached hydrogens (tertiary/aromatic N) is 5. The van der Waals surface area contributed by atoms with Gasteiger partial charge in [-0.2, -0.15) is 0 Å². The van der Waals surface area contributed by atoms with E-state index in [4.69, 9.17) is 0 Å². The summed E-state index contributed by atoms with van der Waals surface area (Å²) in [6.07, 6.45) is 0. The molecule has 0 aliphatic carbocycles. The summed E-state index contributed by atoms with van der Waals surface area (Å²) >= 11 is 0. The van der Waals surface area contributed by atoms with E-state index >= 15 is 0 Å². The van der Waals surface area contributed by atoms with Crippen LogP contribution >= 0.6 is 0 Å². The molecule has 1 aromatic carbocycles. The quantitative estimate of drug-likeness (QED) is 0.631. The topological polar surface area (TPSA) is 37.4 Å². The fourth-order valence-corrected chi connectivity index (χ4v) is 3.82. The second-order valence-corrected chi connectivity index (χ2v) is 7.57. The highest BCUT2D eigenvalue weighted by molar-refractivity contribution is 5.80. The van der Waals surface area contributed by atoms with Crippen molar-refractivity contribution in [3.8, 4) is 0 Å². The van der Waals surface area contributed by atoms with E-state index in [1.165, 1.54) is 5.56 Å². The largest absolute Gasteiger partial charge is 0.355 e. The number of guanidine groups is 1. The molecule has 26 heavy (non-hydrogen) atoms. The third-order valence-electron chi connectivity index (χ3n) is 5.61. The second kappa shape index (κ2) is 9.35. The molecule has 1 N–H and O–H groups in total. The van der Waals surface area contributed by atoms with Gasteiger partial charge in [-0.25, -0.2) is 0 Å². The zero-order valence-corrected chi connectivity index (χ0v) is 16.6. The Balaban J connectivity index is 1.45. The summed E-state index contributed by atoms with van der Waals surface area (Å²) in [5, 5.41) is 3.61. The number of rotatable bonds is 4. The van der Waals surface area contributed by atoms with Crippen molar-refractivity contribution in [2.45, 2.75) is 12.6 Å². The second-order valence-electron chi connectivity index (χ2n) is 7.57. The summed E-state index contributed by atoms with van der Waals surface area (Å²) in [6.45, 7) is 9.65. The van der Waals surface area contributed by atoms with E-state index in [0.29, 0.717) is 6.04 Å². The van der Waals surface area contributed by atoms with Gasteiger partial charge < -0.3 is 15.1 Å². The summed E-state index contributed by atoms with van der Waals surface area (Å²) in [4.78, 5) is 14.3. The van der Waals surface area contributed by atoms with Crippen molar-refractivity contribution in [3.63, 3.8) is 0 Å². The Bertz CT molecular complexity index is 567. The first-order valence-corrected chi connectivity index (χ1v) is 9.76. The minimum atomic E-state index is 0.546. The molecular formula is C20H34N6. The van der Waals surface area contributed by atoms with Crippen LogP contribution in [0.2, 0.25) is 0 Å². The van der Waals surface area contributed by atoms with Crippen LogP contribution in [0.1, 0.15) is 5.56 Å². The van der Waals surface area contributed by atoms with Gasteiger partial charge in [-0.15, -0.1) is 0 Å². The summed E-state index contributed by atoms with van der Waals surface area (Å²) in [7, 11) is 6.33. The lowest BCUT2D eigenvalue weighted by molar-refractivity contribution is 0.115. The summed E-state index contributed by atoms with van der Waals surface area (Å²) in [5.74, 6) is 1.05. The fraction of sp³-hybridized carbons (Fsp3) is 0.650. The van der Waals surface area contributed by atoms with Crippen LogP contribution in [-0.4, -0.2) is 105 Å². The van der Waals surface area contributed by atoms with Gasteiger partial charge in [0.1, 0.15) is 0 Å². The number of hydrogen-bond donors (Lipinski definition) is 1. The fourth-order valence-electron chi connectivity index (χ4n) is 3.82. The first-order valence-electron chi connectivity index (χ1n) is 9.76. The minimum absolute atomic E-state index is 0.546. The van der Waals surface area contributed by atoms with Gasteiger partial charge >= 0.3 is 0 Å². The van der Waals surface area contributed by atoms with E-state index in [-0.39, 0.29) is 0 Å². The van der Waals surface area contributed by atoms with Crippen LogP contribution in [0, 0.1) is 0 Å². The monoisotopic (exact) mass is 358 g/mol. The van der Waals surface area contributed by atoms with Gasteiger partial charge in [0.2, 0.25) is 0 Å². The van der Waals surface area contributed by atoms with Gasteiger partial charge in [0.15, 0.2) is 5.96 Å². The Kier molecular flexibility index (Phi) is 6.88. The van der Waals surface area contributed by atoms with Crippen molar-refractivity contribution in [3.05, 3.63) is 35.9 Å². The minimum Gasteiger partial charge on any atom is -0.355 e. The van der Waals surface area contributed by atoms with Gasteiger partial charge in [0.25, 0.3) is 0 Å². The first kappa shape index (κ1) is 19.1. The number of nitrogens with one attached hydrogen (secondary N) is 1. The van der Waals surface area contributed by atoms with Crippen LogP contribution in [0.3, 0.4) is 0 Å². The molecule has 3 rings (SSSR count). The number of hydrogen-bond acceptors (Lipinski definition) is 4. The first-order chi connectivity index (χ1) is 12.7. The standard InChI is InChI=1S/C20H34N6/c1-21-20(22-15-19-17-23(2)9-10-24(19)3)26-13-11-25(12-14-26)16-18-7-5-4-6-8-18/h4-8,19H,9-17H2,1-3H3,(H,21,22). The van der Waals surface area contributed by atoms with E-state index in [9.17, 15) is 0 Å². The molecule has 0 aromatic heterocycles. The number of likely N-dealkylation sites (N-methyl/N-ethyl adjacent to an activating group) is 2. The maximum Gasteiger partial charge on any atom is 0.193 e. The molecule has 1 atom stereocenters. The molecule has 0 spiro atoms. The van der Waals surface area contributed by atoms with Crippen molar-refractivity contribution < 1.29 is 0 Å². The molecule has 1 aromatic rings. The van der Waals surface area contributed by atoms with Crippen molar-refractivity contribution in [2.24, 2.45) is 4.99 Å². The van der Waals surface area contributed by atoms with Crippen molar-refractivity contribution in [1.29, 1.82) is 0 Å². The van der Waals surface area contributed by atoms with E-state index < -0.39 is 0 Å². The predicted molar refractivity (Wildman–Crippen MR) is 109 cm³/mol. The van der Waals surface area contributed by atoms with E-state index in [0.717, 1.165) is 64.9 Å². The zero-order chi connectivity index (χ0) is 18.4.